The minimum Gasteiger partial charge on any atom is -0.495 e. The molecule has 12 heteroatoms. The molecule has 0 spiro atoms. The quantitative estimate of drug-likeness (QED) is 0.448. The number of nitriles is 1. The van der Waals surface area contributed by atoms with Gasteiger partial charge in [-0.2, -0.15) is 10.2 Å². The Morgan fingerprint density at radius 2 is 1.85 bits per heavy atom. The highest BCUT2D eigenvalue weighted by atomic mass is 32.2. The first-order valence-electron chi connectivity index (χ1n) is 9.50. The van der Waals surface area contributed by atoms with Crippen molar-refractivity contribution in [3.63, 3.8) is 0 Å². The zero-order chi connectivity index (χ0) is 24.2. The van der Waals surface area contributed by atoms with E-state index in [-0.39, 0.29) is 29.0 Å². The van der Waals surface area contributed by atoms with E-state index in [2.05, 4.69) is 20.6 Å². The third kappa shape index (κ3) is 5.65. The van der Waals surface area contributed by atoms with Gasteiger partial charge in [-0.3, -0.25) is 0 Å². The second-order valence-electron chi connectivity index (χ2n) is 6.94. The number of nitrogens with two attached hydrogens (primary N) is 1. The molecular weight excluding hydrogens is 451 g/mol. The van der Waals surface area contributed by atoms with Gasteiger partial charge in [0.2, 0.25) is 16.0 Å². The van der Waals surface area contributed by atoms with Crippen molar-refractivity contribution in [2.75, 3.05) is 24.4 Å². The minimum absolute atomic E-state index is 0.0348. The van der Waals surface area contributed by atoms with Gasteiger partial charge in [-0.1, -0.05) is 0 Å². The van der Waals surface area contributed by atoms with Crippen LogP contribution in [-0.2, 0) is 10.0 Å². The average Bonchev–Trinajstić information content (AvgIpc) is 2.74. The second kappa shape index (κ2) is 9.68. The summed E-state index contributed by atoms with van der Waals surface area (Å²) in [6.45, 7) is 3.55. The predicted octanol–water partition coefficient (Wildman–Crippen LogP) is 3.28. The largest absolute Gasteiger partial charge is 0.495 e. The van der Waals surface area contributed by atoms with Crippen molar-refractivity contribution in [3.8, 4) is 17.6 Å². The SMILES string of the molecule is COc1cc(Nc2ncc(F)c(Nc3cc(C)c(OCC#N)c(C)c3)n2)ccc1S(N)(=O)=O. The fourth-order valence-corrected chi connectivity index (χ4v) is 3.80. The highest BCUT2D eigenvalue weighted by Gasteiger charge is 2.16. The number of ether oxygens (including phenoxy) is 2. The summed E-state index contributed by atoms with van der Waals surface area (Å²) in [6, 6.07) is 9.54. The van der Waals surface area contributed by atoms with Gasteiger partial charge in [0.15, 0.2) is 18.2 Å². The second-order valence-corrected chi connectivity index (χ2v) is 8.47. The number of sulfonamides is 1. The molecule has 3 aromatic rings. The molecule has 0 unspecified atom stereocenters. The van der Waals surface area contributed by atoms with Gasteiger partial charge in [0.1, 0.15) is 22.5 Å². The van der Waals surface area contributed by atoms with Crippen molar-refractivity contribution >= 4 is 33.2 Å². The summed E-state index contributed by atoms with van der Waals surface area (Å²) in [4.78, 5) is 7.89. The molecule has 0 aliphatic rings. The molecule has 3 rings (SSSR count). The lowest BCUT2D eigenvalue weighted by Crippen LogP contribution is -2.13. The molecule has 0 bridgehead atoms. The van der Waals surface area contributed by atoms with E-state index >= 15 is 0 Å². The summed E-state index contributed by atoms with van der Waals surface area (Å²) < 4.78 is 48.2. The number of anilines is 4. The van der Waals surface area contributed by atoms with E-state index in [1.54, 1.807) is 12.1 Å². The predicted molar refractivity (Wildman–Crippen MR) is 120 cm³/mol. The van der Waals surface area contributed by atoms with Gasteiger partial charge in [-0.25, -0.2) is 22.9 Å². The third-order valence-electron chi connectivity index (χ3n) is 4.47. The molecule has 0 fully saturated rings. The zero-order valence-electron chi connectivity index (χ0n) is 18.0. The van der Waals surface area contributed by atoms with Crippen molar-refractivity contribution in [2.24, 2.45) is 5.14 Å². The van der Waals surface area contributed by atoms with E-state index in [1.807, 2.05) is 19.9 Å². The molecule has 0 aliphatic carbocycles. The number of primary sulfonamides is 1. The molecule has 0 saturated heterocycles. The standard InChI is InChI=1S/C21H21FN6O4S/c1-12-8-15(9-13(2)19(12)32-7-6-23)26-20-16(22)11-25-21(28-20)27-14-4-5-18(33(24,29)30)17(10-14)31-3/h4-5,8-11H,7H2,1-3H3,(H2,24,29,30)(H2,25,26,27,28). The molecule has 2 aromatic carbocycles. The molecule has 1 aromatic heterocycles. The number of nitrogens with zero attached hydrogens (tertiary/aromatic N) is 3. The average molecular weight is 473 g/mol. The fraction of sp³-hybridized carbons (Fsp3) is 0.190. The van der Waals surface area contributed by atoms with Crippen LogP contribution in [0.2, 0.25) is 0 Å². The molecule has 10 nitrogen and oxygen atoms in total. The van der Waals surface area contributed by atoms with Gasteiger partial charge in [0, 0.05) is 17.4 Å². The molecule has 172 valence electrons. The first kappa shape index (κ1) is 23.7. The van der Waals surface area contributed by atoms with E-state index in [4.69, 9.17) is 19.9 Å². The van der Waals surface area contributed by atoms with Crippen LogP contribution in [0, 0.1) is 31.0 Å². The first-order chi connectivity index (χ1) is 15.6. The first-order valence-corrected chi connectivity index (χ1v) is 11.1. The number of hydrogen-bond donors (Lipinski definition) is 3. The van der Waals surface area contributed by atoms with E-state index in [0.29, 0.717) is 17.1 Å². The normalized spacial score (nSPS) is 10.9. The van der Waals surface area contributed by atoms with Crippen molar-refractivity contribution in [3.05, 3.63) is 53.5 Å². The Hall–Kier alpha value is -3.95. The molecule has 0 atom stereocenters. The van der Waals surface area contributed by atoms with Gasteiger partial charge >= 0.3 is 0 Å². The third-order valence-corrected chi connectivity index (χ3v) is 5.42. The Morgan fingerprint density at radius 3 is 2.45 bits per heavy atom. The number of hydrogen-bond acceptors (Lipinski definition) is 9. The maximum absolute atomic E-state index is 14.4. The van der Waals surface area contributed by atoms with Crippen LogP contribution in [0.1, 0.15) is 11.1 Å². The maximum atomic E-state index is 14.4. The van der Waals surface area contributed by atoms with Crippen LogP contribution >= 0.6 is 0 Å². The van der Waals surface area contributed by atoms with Gasteiger partial charge in [-0.15, -0.1) is 0 Å². The number of rotatable bonds is 8. The van der Waals surface area contributed by atoms with Crippen LogP contribution in [0.4, 0.5) is 27.5 Å². The van der Waals surface area contributed by atoms with Gasteiger partial charge < -0.3 is 20.1 Å². The van der Waals surface area contributed by atoms with E-state index in [0.717, 1.165) is 17.3 Å². The van der Waals surface area contributed by atoms with E-state index < -0.39 is 15.8 Å². The lowest BCUT2D eigenvalue weighted by atomic mass is 10.1. The van der Waals surface area contributed by atoms with Crippen molar-refractivity contribution < 1.29 is 22.3 Å². The van der Waals surface area contributed by atoms with Crippen LogP contribution < -0.4 is 25.2 Å². The Balaban J connectivity index is 1.86. The number of aromatic nitrogens is 2. The molecule has 4 N–H and O–H groups in total. The monoisotopic (exact) mass is 472 g/mol. The van der Waals surface area contributed by atoms with E-state index in [1.165, 1.54) is 25.3 Å². The lowest BCUT2D eigenvalue weighted by molar-refractivity contribution is 0.363. The number of aryl methyl sites for hydroxylation is 2. The summed E-state index contributed by atoms with van der Waals surface area (Å²) in [5.41, 5.74) is 2.50. The summed E-state index contributed by atoms with van der Waals surface area (Å²) in [6.07, 6.45) is 0.998. The summed E-state index contributed by atoms with van der Waals surface area (Å²) in [5.74, 6) is -0.0724. The molecule has 0 radical (unpaired) electrons. The van der Waals surface area contributed by atoms with Gasteiger partial charge in [0.05, 0.1) is 13.3 Å². The number of halogens is 1. The van der Waals surface area contributed by atoms with Crippen LogP contribution in [-0.4, -0.2) is 32.1 Å². The molecule has 1 heterocycles. The van der Waals surface area contributed by atoms with Crippen molar-refractivity contribution in [1.29, 1.82) is 5.26 Å². The number of nitrogens with one attached hydrogen (secondary N) is 2. The summed E-state index contributed by atoms with van der Waals surface area (Å²) in [7, 11) is -2.66. The number of benzene rings is 2. The topological polar surface area (TPSA) is 152 Å². The molecule has 0 aliphatic heterocycles. The van der Waals surface area contributed by atoms with Crippen LogP contribution in [0.3, 0.4) is 0 Å². The maximum Gasteiger partial charge on any atom is 0.241 e. The number of methoxy groups -OCH3 is 1. The molecule has 0 saturated carbocycles. The molecular formula is C21H21FN6O4S. The van der Waals surface area contributed by atoms with E-state index in [9.17, 15) is 12.8 Å². The summed E-state index contributed by atoms with van der Waals surface area (Å²) >= 11 is 0. The molecule has 33 heavy (non-hydrogen) atoms. The van der Waals surface area contributed by atoms with Crippen molar-refractivity contribution in [2.45, 2.75) is 18.7 Å². The highest BCUT2D eigenvalue weighted by molar-refractivity contribution is 7.89. The van der Waals surface area contributed by atoms with Gasteiger partial charge in [-0.05, 0) is 49.2 Å². The summed E-state index contributed by atoms with van der Waals surface area (Å²) in [5, 5.41) is 19.7. The smallest absolute Gasteiger partial charge is 0.241 e. The fourth-order valence-electron chi connectivity index (χ4n) is 3.12. The Labute approximate surface area is 190 Å². The Morgan fingerprint density at radius 1 is 1.15 bits per heavy atom. The Kier molecular flexibility index (Phi) is 6.95. The van der Waals surface area contributed by atoms with Crippen LogP contribution in [0.25, 0.3) is 0 Å². The highest BCUT2D eigenvalue weighted by Crippen LogP contribution is 2.30. The minimum atomic E-state index is -3.97. The molecule has 0 amide bonds. The van der Waals surface area contributed by atoms with Gasteiger partial charge in [0.25, 0.3) is 0 Å². The van der Waals surface area contributed by atoms with Crippen LogP contribution in [0.15, 0.2) is 41.4 Å². The van der Waals surface area contributed by atoms with Crippen molar-refractivity contribution in [1.82, 2.24) is 9.97 Å². The van der Waals surface area contributed by atoms with Crippen LogP contribution in [0.5, 0.6) is 11.5 Å². The Bertz CT molecular complexity index is 1320. The zero-order valence-corrected chi connectivity index (χ0v) is 18.8. The lowest BCUT2D eigenvalue weighted by Gasteiger charge is -2.14.